The Kier molecular flexibility index (Phi) is 3.08. The number of hydrogen-bond acceptors (Lipinski definition) is 4. The van der Waals surface area contributed by atoms with E-state index in [1.165, 1.54) is 0 Å². The first-order valence-corrected chi connectivity index (χ1v) is 7.32. The number of aromatic amines is 1. The molecule has 1 amide bonds. The van der Waals surface area contributed by atoms with Gasteiger partial charge in [-0.15, -0.1) is 0 Å². The van der Waals surface area contributed by atoms with Gasteiger partial charge in [0.25, 0.3) is 5.91 Å². The number of pyridine rings is 1. The predicted molar refractivity (Wildman–Crippen MR) is 86.7 cm³/mol. The van der Waals surface area contributed by atoms with Gasteiger partial charge < -0.3 is 10.2 Å². The molecule has 6 nitrogen and oxygen atoms in total. The molecule has 1 aliphatic rings. The van der Waals surface area contributed by atoms with Crippen LogP contribution in [0.1, 0.15) is 22.1 Å². The summed E-state index contributed by atoms with van der Waals surface area (Å²) < 4.78 is 0. The van der Waals surface area contributed by atoms with Crippen molar-refractivity contribution in [3.05, 3.63) is 66.1 Å². The highest BCUT2D eigenvalue weighted by molar-refractivity contribution is 6.01. The van der Waals surface area contributed by atoms with Crippen molar-refractivity contribution in [2.24, 2.45) is 0 Å². The molecule has 23 heavy (non-hydrogen) atoms. The maximum atomic E-state index is 12.6. The van der Waals surface area contributed by atoms with E-state index in [1.807, 2.05) is 36.4 Å². The van der Waals surface area contributed by atoms with Crippen LogP contribution in [0.4, 0.5) is 5.69 Å². The third-order valence-corrected chi connectivity index (χ3v) is 4.07. The van der Waals surface area contributed by atoms with Crippen LogP contribution in [0, 0.1) is 0 Å². The van der Waals surface area contributed by atoms with Crippen molar-refractivity contribution >= 4 is 11.6 Å². The lowest BCUT2D eigenvalue weighted by Crippen LogP contribution is -2.40. The van der Waals surface area contributed by atoms with Crippen molar-refractivity contribution in [2.45, 2.75) is 6.17 Å². The number of fused-ring (bicyclic) bond motifs is 1. The Balaban J connectivity index is 1.78. The maximum absolute atomic E-state index is 12.6. The van der Waals surface area contributed by atoms with E-state index in [4.69, 9.17) is 0 Å². The highest BCUT2D eigenvalue weighted by Crippen LogP contribution is 2.35. The Bertz CT molecular complexity index is 858. The average molecular weight is 305 g/mol. The van der Waals surface area contributed by atoms with E-state index >= 15 is 0 Å². The Morgan fingerprint density at radius 1 is 1.13 bits per heavy atom. The smallest absolute Gasteiger partial charge is 0.257 e. The Labute approximate surface area is 133 Å². The van der Waals surface area contributed by atoms with Crippen LogP contribution in [-0.2, 0) is 0 Å². The third-order valence-electron chi connectivity index (χ3n) is 4.07. The molecule has 0 bridgehead atoms. The fourth-order valence-corrected chi connectivity index (χ4v) is 2.88. The highest BCUT2D eigenvalue weighted by Gasteiger charge is 2.32. The molecule has 0 saturated carbocycles. The standard InChI is InChI=1S/C17H15N5O/c1-22-16(20-14-7-3-2-6-12(14)17(22)23)13-10-19-21-15(13)11-5-4-8-18-9-11/h2-10,16,20H,1H3,(H,19,21)/t16-/m1/s1. The van der Waals surface area contributed by atoms with Crippen LogP contribution in [0.3, 0.4) is 0 Å². The lowest BCUT2D eigenvalue weighted by Gasteiger charge is -2.35. The summed E-state index contributed by atoms with van der Waals surface area (Å²) in [6, 6.07) is 11.4. The second-order valence-electron chi connectivity index (χ2n) is 5.45. The second-order valence-corrected chi connectivity index (χ2v) is 5.45. The number of nitrogens with one attached hydrogen (secondary N) is 2. The van der Waals surface area contributed by atoms with Crippen LogP contribution >= 0.6 is 0 Å². The zero-order valence-corrected chi connectivity index (χ0v) is 12.5. The number of amides is 1. The van der Waals surface area contributed by atoms with Gasteiger partial charge in [-0.2, -0.15) is 5.10 Å². The lowest BCUT2D eigenvalue weighted by molar-refractivity contribution is 0.0736. The number of H-pyrrole nitrogens is 1. The number of aromatic nitrogens is 3. The topological polar surface area (TPSA) is 73.9 Å². The van der Waals surface area contributed by atoms with Crippen LogP contribution in [0.5, 0.6) is 0 Å². The zero-order valence-electron chi connectivity index (χ0n) is 12.5. The number of carbonyl (C=O) groups excluding carboxylic acids is 1. The van der Waals surface area contributed by atoms with Crippen LogP contribution < -0.4 is 5.32 Å². The van der Waals surface area contributed by atoms with Gasteiger partial charge in [0.05, 0.1) is 17.5 Å². The first kappa shape index (κ1) is 13.5. The molecule has 1 atom stereocenters. The first-order chi connectivity index (χ1) is 11.3. The zero-order chi connectivity index (χ0) is 15.8. The van der Waals surface area contributed by atoms with Gasteiger partial charge in [-0.3, -0.25) is 14.9 Å². The van der Waals surface area contributed by atoms with E-state index in [1.54, 1.807) is 30.5 Å². The summed E-state index contributed by atoms with van der Waals surface area (Å²) in [7, 11) is 1.79. The minimum absolute atomic E-state index is 0.0114. The predicted octanol–water partition coefficient (Wildman–Crippen LogP) is 2.67. The Hall–Kier alpha value is -3.15. The number of benzene rings is 1. The van der Waals surface area contributed by atoms with Crippen molar-refractivity contribution in [3.63, 3.8) is 0 Å². The van der Waals surface area contributed by atoms with Crippen molar-refractivity contribution in [2.75, 3.05) is 12.4 Å². The van der Waals surface area contributed by atoms with Gasteiger partial charge >= 0.3 is 0 Å². The molecule has 2 N–H and O–H groups in total. The van der Waals surface area contributed by atoms with Crippen LogP contribution in [0.15, 0.2) is 55.0 Å². The number of hydrogen-bond donors (Lipinski definition) is 2. The monoisotopic (exact) mass is 305 g/mol. The molecule has 0 fully saturated rings. The lowest BCUT2D eigenvalue weighted by atomic mass is 10.0. The van der Waals surface area contributed by atoms with E-state index < -0.39 is 0 Å². The molecule has 2 aromatic heterocycles. The molecule has 1 aromatic carbocycles. The van der Waals surface area contributed by atoms with Crippen molar-refractivity contribution in [1.29, 1.82) is 0 Å². The first-order valence-electron chi connectivity index (χ1n) is 7.32. The molecule has 4 rings (SSSR count). The highest BCUT2D eigenvalue weighted by atomic mass is 16.2. The minimum Gasteiger partial charge on any atom is -0.361 e. The SMILES string of the molecule is CN1C(=O)c2ccccc2N[C@H]1c1cn[nH]c1-c1cccnc1. The van der Waals surface area contributed by atoms with Crippen molar-refractivity contribution in [3.8, 4) is 11.3 Å². The summed E-state index contributed by atoms with van der Waals surface area (Å²) in [6.45, 7) is 0. The summed E-state index contributed by atoms with van der Waals surface area (Å²) in [5, 5.41) is 10.6. The van der Waals surface area contributed by atoms with E-state index in [0.717, 1.165) is 22.5 Å². The van der Waals surface area contributed by atoms with E-state index in [0.29, 0.717) is 5.56 Å². The van der Waals surface area contributed by atoms with Gasteiger partial charge in [0.15, 0.2) is 0 Å². The number of carbonyl (C=O) groups is 1. The van der Waals surface area contributed by atoms with Crippen LogP contribution in [0.2, 0.25) is 0 Å². The summed E-state index contributed by atoms with van der Waals surface area (Å²) in [5.74, 6) is -0.0114. The molecule has 3 heterocycles. The minimum atomic E-state index is -0.286. The van der Waals surface area contributed by atoms with E-state index in [2.05, 4.69) is 20.5 Å². The van der Waals surface area contributed by atoms with E-state index in [9.17, 15) is 4.79 Å². The summed E-state index contributed by atoms with van der Waals surface area (Å²) in [4.78, 5) is 18.4. The molecule has 0 aliphatic carbocycles. The number of rotatable bonds is 2. The molecule has 0 spiro atoms. The molecular weight excluding hydrogens is 290 g/mol. The fourth-order valence-electron chi connectivity index (χ4n) is 2.88. The Morgan fingerprint density at radius 3 is 2.83 bits per heavy atom. The largest absolute Gasteiger partial charge is 0.361 e. The van der Waals surface area contributed by atoms with Gasteiger partial charge in [-0.25, -0.2) is 0 Å². The molecule has 0 radical (unpaired) electrons. The number of para-hydroxylation sites is 1. The van der Waals surface area contributed by atoms with Gasteiger partial charge in [0.2, 0.25) is 0 Å². The van der Waals surface area contributed by atoms with Crippen molar-refractivity contribution in [1.82, 2.24) is 20.1 Å². The fraction of sp³-hybridized carbons (Fsp3) is 0.118. The normalized spacial score (nSPS) is 16.8. The molecular formula is C17H15N5O. The molecule has 0 saturated heterocycles. The number of anilines is 1. The average Bonchev–Trinajstić information content (AvgIpc) is 3.08. The summed E-state index contributed by atoms with van der Waals surface area (Å²) in [5.41, 5.74) is 4.20. The van der Waals surface area contributed by atoms with Gasteiger partial charge in [-0.1, -0.05) is 12.1 Å². The van der Waals surface area contributed by atoms with Gasteiger partial charge in [-0.05, 0) is 24.3 Å². The molecule has 6 heteroatoms. The summed E-state index contributed by atoms with van der Waals surface area (Å²) >= 11 is 0. The molecule has 1 aliphatic heterocycles. The molecule has 0 unspecified atom stereocenters. The van der Waals surface area contributed by atoms with Crippen molar-refractivity contribution < 1.29 is 4.79 Å². The van der Waals surface area contributed by atoms with Gasteiger partial charge in [0.1, 0.15) is 6.17 Å². The summed E-state index contributed by atoms with van der Waals surface area (Å²) in [6.07, 6.45) is 4.96. The third kappa shape index (κ3) is 2.15. The Morgan fingerprint density at radius 2 is 2.00 bits per heavy atom. The second kappa shape index (κ2) is 5.24. The van der Waals surface area contributed by atoms with Crippen LogP contribution in [0.25, 0.3) is 11.3 Å². The maximum Gasteiger partial charge on any atom is 0.257 e. The van der Waals surface area contributed by atoms with E-state index in [-0.39, 0.29) is 12.1 Å². The van der Waals surface area contributed by atoms with Gasteiger partial charge in [0, 0.05) is 36.3 Å². The number of nitrogens with zero attached hydrogens (tertiary/aromatic N) is 3. The van der Waals surface area contributed by atoms with Crippen LogP contribution in [-0.4, -0.2) is 33.0 Å². The molecule has 114 valence electrons. The molecule has 3 aromatic rings. The quantitative estimate of drug-likeness (QED) is 0.763.